The number of hydrogen-bond donors (Lipinski definition) is 2. The highest BCUT2D eigenvalue weighted by Gasteiger charge is 2.48. The number of anilines is 1. The van der Waals surface area contributed by atoms with Crippen LogP contribution in [0, 0.1) is 11.8 Å². The number of rotatable bonds is 9. The Hall–Kier alpha value is -4.53. The molecule has 2 heterocycles. The monoisotopic (exact) mass is 533 g/mol. The van der Waals surface area contributed by atoms with E-state index in [2.05, 4.69) is 45.8 Å². The smallest absolute Gasteiger partial charge is 0.165 e. The molecule has 3 aromatic carbocycles. The van der Waals surface area contributed by atoms with E-state index in [4.69, 9.17) is 15.2 Å². The number of methoxy groups -OCH3 is 1. The number of hydrogen-bond acceptors (Lipinski definition) is 7. The lowest BCUT2D eigenvalue weighted by atomic mass is 9.66. The van der Waals surface area contributed by atoms with Crippen LogP contribution in [0.5, 0.6) is 5.75 Å². The standard InChI is InChI=1S/C32H31N5O3/c1-21-26(17-38)27(29(21)37-20-36-28-30(33)34-19-35-31(28)37)18-40-32(22-9-5-3-6-10-22,23-11-7-4-8-12-23)24-13-15-25(39-2)16-14-24/h3-16,19-20,26-27,29,38H,1,17-18H2,2H3,(H2,33,34,35)/t26-,27?,29+/m1/s1. The van der Waals surface area contributed by atoms with E-state index in [1.54, 1.807) is 13.4 Å². The molecule has 3 N–H and O–H groups in total. The molecule has 0 amide bonds. The van der Waals surface area contributed by atoms with Gasteiger partial charge in [-0.15, -0.1) is 0 Å². The molecule has 0 radical (unpaired) electrons. The van der Waals surface area contributed by atoms with Crippen molar-refractivity contribution in [3.8, 4) is 5.75 Å². The second kappa shape index (κ2) is 10.6. The third-order valence-corrected chi connectivity index (χ3v) is 8.01. The van der Waals surface area contributed by atoms with Crippen LogP contribution >= 0.6 is 0 Å². The van der Waals surface area contributed by atoms with Crippen LogP contribution in [0.1, 0.15) is 22.7 Å². The summed E-state index contributed by atoms with van der Waals surface area (Å²) in [6.07, 6.45) is 3.16. The molecule has 1 saturated carbocycles. The highest BCUT2D eigenvalue weighted by molar-refractivity contribution is 5.81. The zero-order chi connectivity index (χ0) is 27.7. The van der Waals surface area contributed by atoms with E-state index in [1.807, 2.05) is 65.2 Å². The number of benzene rings is 3. The molecule has 40 heavy (non-hydrogen) atoms. The fourth-order valence-corrected chi connectivity index (χ4v) is 5.93. The third kappa shape index (κ3) is 4.13. The highest BCUT2D eigenvalue weighted by Crippen LogP contribution is 2.51. The Morgan fingerprint density at radius 3 is 2.12 bits per heavy atom. The van der Waals surface area contributed by atoms with Gasteiger partial charge in [0, 0.05) is 11.8 Å². The first-order chi connectivity index (χ1) is 19.6. The summed E-state index contributed by atoms with van der Waals surface area (Å²) in [5.41, 5.74) is 10.2. The molecule has 5 aromatic rings. The number of nitrogens with zero attached hydrogens (tertiary/aromatic N) is 4. The maximum atomic E-state index is 10.3. The molecule has 6 rings (SSSR count). The molecule has 0 aliphatic heterocycles. The van der Waals surface area contributed by atoms with Crippen LogP contribution in [0.2, 0.25) is 0 Å². The minimum Gasteiger partial charge on any atom is -0.497 e. The number of aromatic nitrogens is 4. The maximum Gasteiger partial charge on any atom is 0.165 e. The molecule has 0 saturated heterocycles. The topological polar surface area (TPSA) is 108 Å². The first kappa shape index (κ1) is 25.7. The molecule has 1 fully saturated rings. The summed E-state index contributed by atoms with van der Waals surface area (Å²) in [7, 11) is 1.66. The maximum absolute atomic E-state index is 10.3. The van der Waals surface area contributed by atoms with Crippen LogP contribution in [-0.4, -0.2) is 44.9 Å². The van der Waals surface area contributed by atoms with Crippen molar-refractivity contribution in [3.63, 3.8) is 0 Å². The van der Waals surface area contributed by atoms with Gasteiger partial charge in [-0.2, -0.15) is 0 Å². The fraction of sp³-hybridized carbons (Fsp3) is 0.219. The summed E-state index contributed by atoms with van der Waals surface area (Å²) in [4.78, 5) is 13.0. The first-order valence-electron chi connectivity index (χ1n) is 13.2. The van der Waals surface area contributed by atoms with Crippen molar-refractivity contribution >= 4 is 17.0 Å². The number of ether oxygens (including phenoxy) is 2. The van der Waals surface area contributed by atoms with E-state index in [1.165, 1.54) is 6.33 Å². The van der Waals surface area contributed by atoms with Gasteiger partial charge in [-0.05, 0) is 34.4 Å². The SMILES string of the molecule is C=C1[C@@H](CO)C(COC(c2ccccc2)(c2ccccc2)c2ccc(OC)cc2)[C@H]1n1cnc2c(N)ncnc21. The van der Waals surface area contributed by atoms with E-state index in [9.17, 15) is 5.11 Å². The van der Waals surface area contributed by atoms with Crippen LogP contribution in [0.3, 0.4) is 0 Å². The van der Waals surface area contributed by atoms with Gasteiger partial charge < -0.3 is 24.9 Å². The molecule has 1 unspecified atom stereocenters. The molecule has 0 bridgehead atoms. The lowest BCUT2D eigenvalue weighted by molar-refractivity contribution is -0.0502. The van der Waals surface area contributed by atoms with Gasteiger partial charge in [-0.25, -0.2) is 15.0 Å². The van der Waals surface area contributed by atoms with Crippen molar-refractivity contribution in [2.45, 2.75) is 11.6 Å². The highest BCUT2D eigenvalue weighted by atomic mass is 16.5. The van der Waals surface area contributed by atoms with Crippen LogP contribution in [-0.2, 0) is 10.3 Å². The molecule has 8 nitrogen and oxygen atoms in total. The van der Waals surface area contributed by atoms with E-state index < -0.39 is 5.60 Å². The van der Waals surface area contributed by atoms with Gasteiger partial charge in [0.15, 0.2) is 11.5 Å². The van der Waals surface area contributed by atoms with Gasteiger partial charge in [-0.1, -0.05) is 79.4 Å². The van der Waals surface area contributed by atoms with Crippen LogP contribution in [0.15, 0.2) is 110 Å². The molecule has 0 spiro atoms. The largest absolute Gasteiger partial charge is 0.497 e. The zero-order valence-electron chi connectivity index (χ0n) is 22.2. The minimum atomic E-state index is -0.917. The molecule has 1 aliphatic carbocycles. The van der Waals surface area contributed by atoms with E-state index in [0.717, 1.165) is 28.0 Å². The summed E-state index contributed by atoms with van der Waals surface area (Å²) < 4.78 is 14.5. The van der Waals surface area contributed by atoms with Gasteiger partial charge in [-0.3, -0.25) is 0 Å². The number of nitrogens with two attached hydrogens (primary N) is 1. The molecule has 2 aromatic heterocycles. The molecule has 8 heteroatoms. The lowest BCUT2D eigenvalue weighted by Crippen LogP contribution is -2.47. The summed E-state index contributed by atoms with van der Waals surface area (Å²) in [6.45, 7) is 4.62. The third-order valence-electron chi connectivity index (χ3n) is 8.01. The number of nitrogen functional groups attached to an aromatic ring is 1. The quantitative estimate of drug-likeness (QED) is 0.208. The Bertz CT molecular complexity index is 1580. The summed E-state index contributed by atoms with van der Waals surface area (Å²) >= 11 is 0. The second-order valence-corrected chi connectivity index (χ2v) is 10.0. The van der Waals surface area contributed by atoms with E-state index in [-0.39, 0.29) is 24.5 Å². The van der Waals surface area contributed by atoms with Gasteiger partial charge in [0.25, 0.3) is 0 Å². The second-order valence-electron chi connectivity index (χ2n) is 10.0. The lowest BCUT2D eigenvalue weighted by Gasteiger charge is -2.48. The molecular formula is C32H31N5O3. The van der Waals surface area contributed by atoms with E-state index in [0.29, 0.717) is 23.6 Å². The van der Waals surface area contributed by atoms with Gasteiger partial charge in [0.1, 0.15) is 23.2 Å². The average molecular weight is 534 g/mol. The number of aliphatic hydroxyl groups is 1. The van der Waals surface area contributed by atoms with Crippen LogP contribution < -0.4 is 10.5 Å². The normalized spacial score (nSPS) is 18.9. The molecule has 3 atom stereocenters. The Kier molecular flexibility index (Phi) is 6.79. The van der Waals surface area contributed by atoms with Crippen molar-refractivity contribution in [1.82, 2.24) is 19.5 Å². The molecular weight excluding hydrogens is 502 g/mol. The van der Waals surface area contributed by atoms with Gasteiger partial charge >= 0.3 is 0 Å². The number of imidazole rings is 1. The van der Waals surface area contributed by atoms with Crippen LogP contribution in [0.25, 0.3) is 11.2 Å². The number of aliphatic hydroxyl groups excluding tert-OH is 1. The van der Waals surface area contributed by atoms with Crippen molar-refractivity contribution in [2.24, 2.45) is 11.8 Å². The Morgan fingerprint density at radius 1 is 0.900 bits per heavy atom. The summed E-state index contributed by atoms with van der Waals surface area (Å²) in [6, 6.07) is 28.2. The number of fused-ring (bicyclic) bond motifs is 1. The Morgan fingerprint density at radius 2 is 1.52 bits per heavy atom. The Balaban J connectivity index is 1.44. The molecule has 202 valence electrons. The van der Waals surface area contributed by atoms with Crippen molar-refractivity contribution in [1.29, 1.82) is 0 Å². The first-order valence-corrected chi connectivity index (χ1v) is 13.2. The van der Waals surface area contributed by atoms with E-state index >= 15 is 0 Å². The minimum absolute atomic E-state index is 0.0284. The summed E-state index contributed by atoms with van der Waals surface area (Å²) in [5, 5.41) is 10.3. The fourth-order valence-electron chi connectivity index (χ4n) is 5.93. The average Bonchev–Trinajstić information content (AvgIpc) is 3.43. The van der Waals surface area contributed by atoms with Gasteiger partial charge in [0.05, 0.1) is 32.7 Å². The van der Waals surface area contributed by atoms with Crippen molar-refractivity contribution < 1.29 is 14.6 Å². The Labute approximate surface area is 232 Å². The van der Waals surface area contributed by atoms with Crippen LogP contribution in [0.4, 0.5) is 5.82 Å². The predicted molar refractivity (Wildman–Crippen MR) is 154 cm³/mol. The van der Waals surface area contributed by atoms with Crippen molar-refractivity contribution in [2.75, 3.05) is 26.1 Å². The van der Waals surface area contributed by atoms with Crippen molar-refractivity contribution in [3.05, 3.63) is 126 Å². The zero-order valence-corrected chi connectivity index (χ0v) is 22.2. The van der Waals surface area contributed by atoms with Gasteiger partial charge in [0.2, 0.25) is 0 Å². The molecule has 1 aliphatic rings. The predicted octanol–water partition coefficient (Wildman–Crippen LogP) is 4.76. The summed E-state index contributed by atoms with van der Waals surface area (Å²) in [5.74, 6) is 0.868.